The molecule has 0 unspecified atom stereocenters. The van der Waals surface area contributed by atoms with Crippen molar-refractivity contribution in [2.24, 2.45) is 0 Å². The highest BCUT2D eigenvalue weighted by Crippen LogP contribution is 2.36. The van der Waals surface area contributed by atoms with Crippen LogP contribution in [0.15, 0.2) is 35.8 Å². The lowest BCUT2D eigenvalue weighted by atomic mass is 10.1. The Labute approximate surface area is 176 Å². The Morgan fingerprint density at radius 2 is 2.07 bits per heavy atom. The summed E-state index contributed by atoms with van der Waals surface area (Å²) in [5, 5.41) is 4.46. The lowest BCUT2D eigenvalue weighted by Crippen LogP contribution is -2.20. The molecule has 1 amide bonds. The third-order valence-corrected chi connectivity index (χ3v) is 4.86. The summed E-state index contributed by atoms with van der Waals surface area (Å²) in [7, 11) is 0. The van der Waals surface area contributed by atoms with Crippen LogP contribution in [-0.2, 0) is 0 Å². The Kier molecular flexibility index (Phi) is 5.39. The van der Waals surface area contributed by atoms with E-state index in [4.69, 9.17) is 21.1 Å². The van der Waals surface area contributed by atoms with E-state index in [1.165, 1.54) is 17.4 Å². The lowest BCUT2D eigenvalue weighted by molar-refractivity contribution is -0.154. The molecule has 0 spiro atoms. The van der Waals surface area contributed by atoms with E-state index in [1.807, 2.05) is 6.07 Å². The van der Waals surface area contributed by atoms with Crippen LogP contribution in [0, 0.1) is 0 Å². The number of ether oxygens (including phenoxy) is 3. The number of thiazole rings is 1. The van der Waals surface area contributed by atoms with Gasteiger partial charge in [0.1, 0.15) is 5.02 Å². The van der Waals surface area contributed by atoms with Gasteiger partial charge in [0, 0.05) is 17.1 Å². The van der Waals surface area contributed by atoms with Gasteiger partial charge in [-0.3, -0.25) is 10.1 Å². The van der Waals surface area contributed by atoms with Crippen molar-refractivity contribution >= 4 is 34.0 Å². The summed E-state index contributed by atoms with van der Waals surface area (Å²) in [5.74, 6) is 0.275. The van der Waals surface area contributed by atoms with E-state index in [0.29, 0.717) is 22.3 Å². The van der Waals surface area contributed by atoms with Gasteiger partial charge in [-0.15, -0.1) is 11.3 Å². The van der Waals surface area contributed by atoms with Gasteiger partial charge >= 0.3 is 6.18 Å². The standard InChI is InChI=1S/C18H11ClF3N3O4S/c19-11-3-10(5-23-16(11)27-7-18(20,21)22)15(26)25-17-24-12(6-30-17)9-1-2-13-14(4-9)29-8-28-13/h1-6H,7-8H2,(H,24,25,26). The number of hydrogen-bond donors (Lipinski definition) is 1. The van der Waals surface area contributed by atoms with E-state index in [0.717, 1.165) is 11.8 Å². The van der Waals surface area contributed by atoms with E-state index in [2.05, 4.69) is 20.0 Å². The Morgan fingerprint density at radius 3 is 2.83 bits per heavy atom. The number of benzene rings is 1. The number of alkyl halides is 3. The molecule has 0 saturated heterocycles. The minimum absolute atomic E-state index is 0.0409. The zero-order chi connectivity index (χ0) is 21.3. The number of hydrogen-bond acceptors (Lipinski definition) is 7. The predicted molar refractivity (Wildman–Crippen MR) is 102 cm³/mol. The normalized spacial score (nSPS) is 12.7. The Morgan fingerprint density at radius 1 is 1.27 bits per heavy atom. The lowest BCUT2D eigenvalue weighted by Gasteiger charge is -2.10. The van der Waals surface area contributed by atoms with Crippen LogP contribution < -0.4 is 19.5 Å². The second-order valence-electron chi connectivity index (χ2n) is 5.97. The maximum Gasteiger partial charge on any atom is 0.422 e. The van der Waals surface area contributed by atoms with E-state index in [-0.39, 0.29) is 17.4 Å². The highest BCUT2D eigenvalue weighted by atomic mass is 35.5. The first-order valence-corrected chi connectivity index (χ1v) is 9.56. The number of nitrogens with one attached hydrogen (secondary N) is 1. The smallest absolute Gasteiger partial charge is 0.422 e. The number of nitrogens with zero attached hydrogens (tertiary/aromatic N) is 2. The maximum absolute atomic E-state index is 12.4. The summed E-state index contributed by atoms with van der Waals surface area (Å²) in [6.45, 7) is -1.37. The minimum atomic E-state index is -4.53. The molecule has 0 saturated carbocycles. The quantitative estimate of drug-likeness (QED) is 0.593. The number of fused-ring (bicyclic) bond motifs is 1. The van der Waals surface area contributed by atoms with Gasteiger partial charge in [0.15, 0.2) is 23.2 Å². The molecule has 0 radical (unpaired) electrons. The van der Waals surface area contributed by atoms with Gasteiger partial charge < -0.3 is 14.2 Å². The van der Waals surface area contributed by atoms with Crippen molar-refractivity contribution in [2.75, 3.05) is 18.7 Å². The number of rotatable bonds is 5. The van der Waals surface area contributed by atoms with Crippen LogP contribution >= 0.6 is 22.9 Å². The molecular formula is C18H11ClF3N3O4S. The van der Waals surface area contributed by atoms with Gasteiger partial charge in [-0.2, -0.15) is 13.2 Å². The molecule has 0 bridgehead atoms. The van der Waals surface area contributed by atoms with Crippen LogP contribution in [0.1, 0.15) is 10.4 Å². The summed E-state index contributed by atoms with van der Waals surface area (Å²) in [5.41, 5.74) is 1.45. The minimum Gasteiger partial charge on any atom is -0.467 e. The van der Waals surface area contributed by atoms with Gasteiger partial charge in [0.05, 0.1) is 11.3 Å². The predicted octanol–water partition coefficient (Wildman–Crippen LogP) is 4.78. The van der Waals surface area contributed by atoms with Gasteiger partial charge in [0.2, 0.25) is 12.7 Å². The van der Waals surface area contributed by atoms with Crippen LogP contribution in [0.2, 0.25) is 5.02 Å². The van der Waals surface area contributed by atoms with Gasteiger partial charge in [-0.1, -0.05) is 11.6 Å². The molecule has 4 rings (SSSR count). The molecule has 0 fully saturated rings. The molecule has 30 heavy (non-hydrogen) atoms. The first-order chi connectivity index (χ1) is 14.3. The number of anilines is 1. The van der Waals surface area contributed by atoms with Crippen LogP contribution in [0.25, 0.3) is 11.3 Å². The summed E-state index contributed by atoms with van der Waals surface area (Å²) >= 11 is 7.07. The molecule has 1 aromatic carbocycles. The molecule has 1 N–H and O–H groups in total. The van der Waals surface area contributed by atoms with E-state index >= 15 is 0 Å². The molecule has 156 valence electrons. The van der Waals surface area contributed by atoms with Crippen molar-refractivity contribution in [2.45, 2.75) is 6.18 Å². The van der Waals surface area contributed by atoms with E-state index in [1.54, 1.807) is 17.5 Å². The summed E-state index contributed by atoms with van der Waals surface area (Å²) in [6, 6.07) is 6.54. The molecule has 1 aliphatic rings. The monoisotopic (exact) mass is 457 g/mol. The van der Waals surface area contributed by atoms with Crippen molar-refractivity contribution in [3.63, 3.8) is 0 Å². The Hall–Kier alpha value is -3.05. The third-order valence-electron chi connectivity index (χ3n) is 3.84. The average Bonchev–Trinajstić information content (AvgIpc) is 3.34. The van der Waals surface area contributed by atoms with Crippen molar-refractivity contribution in [3.8, 4) is 28.6 Å². The molecule has 3 aromatic rings. The Balaban J connectivity index is 1.44. The number of pyridine rings is 1. The fourth-order valence-corrected chi connectivity index (χ4v) is 3.43. The molecular weight excluding hydrogens is 447 g/mol. The summed E-state index contributed by atoms with van der Waals surface area (Å²) in [4.78, 5) is 20.4. The number of carbonyl (C=O) groups excluding carboxylic acids is 1. The van der Waals surface area contributed by atoms with Crippen molar-refractivity contribution in [1.82, 2.24) is 9.97 Å². The molecule has 0 aliphatic carbocycles. The van der Waals surface area contributed by atoms with Crippen LogP contribution in [-0.4, -0.2) is 35.5 Å². The van der Waals surface area contributed by atoms with Crippen molar-refractivity contribution in [1.29, 1.82) is 0 Å². The second kappa shape index (κ2) is 8.00. The van der Waals surface area contributed by atoms with Crippen LogP contribution in [0.3, 0.4) is 0 Å². The molecule has 1 aliphatic heterocycles. The van der Waals surface area contributed by atoms with E-state index < -0.39 is 24.6 Å². The fourth-order valence-electron chi connectivity index (χ4n) is 2.49. The van der Waals surface area contributed by atoms with E-state index in [9.17, 15) is 18.0 Å². The summed E-state index contributed by atoms with van der Waals surface area (Å²) in [6.07, 6.45) is -3.46. The highest BCUT2D eigenvalue weighted by Gasteiger charge is 2.29. The van der Waals surface area contributed by atoms with Gasteiger partial charge in [-0.05, 0) is 24.3 Å². The average molecular weight is 458 g/mol. The maximum atomic E-state index is 12.4. The zero-order valence-corrected chi connectivity index (χ0v) is 16.4. The molecule has 0 atom stereocenters. The molecule has 2 aromatic heterocycles. The number of amides is 1. The largest absolute Gasteiger partial charge is 0.467 e. The molecule has 3 heterocycles. The van der Waals surface area contributed by atoms with Crippen molar-refractivity contribution in [3.05, 3.63) is 46.4 Å². The van der Waals surface area contributed by atoms with Gasteiger partial charge in [-0.25, -0.2) is 9.97 Å². The van der Waals surface area contributed by atoms with Crippen LogP contribution in [0.4, 0.5) is 18.3 Å². The SMILES string of the molecule is O=C(Nc1nc(-c2ccc3c(c2)OCO3)cs1)c1cnc(OCC(F)(F)F)c(Cl)c1. The number of carbonyl (C=O) groups is 1. The molecule has 7 nitrogen and oxygen atoms in total. The topological polar surface area (TPSA) is 82.6 Å². The Bertz CT molecular complexity index is 1110. The van der Waals surface area contributed by atoms with Crippen LogP contribution in [0.5, 0.6) is 17.4 Å². The van der Waals surface area contributed by atoms with Gasteiger partial charge in [0.25, 0.3) is 5.91 Å². The summed E-state index contributed by atoms with van der Waals surface area (Å²) < 4.78 is 51.8. The second-order valence-corrected chi connectivity index (χ2v) is 7.24. The fraction of sp³-hybridized carbons (Fsp3) is 0.167. The first kappa shape index (κ1) is 20.2. The molecule has 12 heteroatoms. The number of aromatic nitrogens is 2. The first-order valence-electron chi connectivity index (χ1n) is 8.30. The number of halogens is 4. The third kappa shape index (κ3) is 4.57. The zero-order valence-electron chi connectivity index (χ0n) is 14.8. The van der Waals surface area contributed by atoms with Crippen molar-refractivity contribution < 1.29 is 32.2 Å². The highest BCUT2D eigenvalue weighted by molar-refractivity contribution is 7.14.